The first-order chi connectivity index (χ1) is 12.0. The Kier molecular flexibility index (Phi) is 4.76. The fraction of sp³-hybridized carbons (Fsp3) is 0.158. The lowest BCUT2D eigenvalue weighted by Crippen LogP contribution is -2.12. The minimum atomic E-state index is -0.488. The van der Waals surface area contributed by atoms with E-state index in [1.165, 1.54) is 7.11 Å². The van der Waals surface area contributed by atoms with Gasteiger partial charge < -0.3 is 14.2 Å². The molecule has 0 aliphatic carbocycles. The smallest absolute Gasteiger partial charge is 0.343 e. The lowest BCUT2D eigenvalue weighted by molar-refractivity contribution is -0.142. The largest absolute Gasteiger partial charge is 0.482 e. The first-order valence-corrected chi connectivity index (χ1v) is 7.90. The van der Waals surface area contributed by atoms with Crippen molar-refractivity contribution in [2.24, 2.45) is 0 Å². The highest BCUT2D eigenvalue weighted by Gasteiger charge is 2.30. The second-order valence-corrected chi connectivity index (χ2v) is 5.91. The zero-order valence-electron chi connectivity index (χ0n) is 13.7. The van der Waals surface area contributed by atoms with Crippen LogP contribution < -0.4 is 9.47 Å². The summed E-state index contributed by atoms with van der Waals surface area (Å²) in [6.07, 6.45) is 1.66. The Morgan fingerprint density at radius 3 is 2.64 bits per heavy atom. The molecule has 0 unspecified atom stereocenters. The molecule has 0 N–H and O–H groups in total. The average molecular weight is 359 g/mol. The molecular formula is C19H15ClO5. The number of benzene rings is 2. The van der Waals surface area contributed by atoms with Gasteiger partial charge in [-0.2, -0.15) is 0 Å². The van der Waals surface area contributed by atoms with E-state index in [2.05, 4.69) is 4.74 Å². The Labute approximate surface area is 149 Å². The molecule has 1 aliphatic rings. The normalized spacial score (nSPS) is 14.2. The van der Waals surface area contributed by atoms with Gasteiger partial charge in [0.1, 0.15) is 11.5 Å². The summed E-state index contributed by atoms with van der Waals surface area (Å²) in [7, 11) is 1.29. The molecule has 2 aromatic carbocycles. The highest BCUT2D eigenvalue weighted by Crippen LogP contribution is 2.37. The highest BCUT2D eigenvalue weighted by molar-refractivity contribution is 6.30. The number of ether oxygens (including phenoxy) is 3. The predicted octanol–water partition coefficient (Wildman–Crippen LogP) is 3.82. The SMILES string of the molecule is COC(=O)COc1cc(C)c2c(c1)O/C(=C\c1ccc(Cl)cc1)C2=O. The molecule has 0 fully saturated rings. The van der Waals surface area contributed by atoms with Gasteiger partial charge in [-0.25, -0.2) is 4.79 Å². The molecule has 1 aliphatic heterocycles. The fourth-order valence-corrected chi connectivity index (χ4v) is 2.60. The quantitative estimate of drug-likeness (QED) is 0.614. The van der Waals surface area contributed by atoms with Crippen molar-refractivity contribution in [2.45, 2.75) is 6.92 Å². The van der Waals surface area contributed by atoms with Crippen LogP contribution in [0, 0.1) is 6.92 Å². The highest BCUT2D eigenvalue weighted by atomic mass is 35.5. The number of hydrogen-bond acceptors (Lipinski definition) is 5. The lowest BCUT2D eigenvalue weighted by atomic mass is 10.0. The Morgan fingerprint density at radius 1 is 1.24 bits per heavy atom. The van der Waals surface area contributed by atoms with E-state index < -0.39 is 5.97 Å². The maximum atomic E-state index is 12.6. The maximum absolute atomic E-state index is 12.6. The second-order valence-electron chi connectivity index (χ2n) is 5.47. The zero-order chi connectivity index (χ0) is 18.0. The number of allylic oxidation sites excluding steroid dienone is 1. The van der Waals surface area contributed by atoms with E-state index in [1.807, 2.05) is 0 Å². The second kappa shape index (κ2) is 6.99. The van der Waals surface area contributed by atoms with Crippen molar-refractivity contribution in [3.63, 3.8) is 0 Å². The van der Waals surface area contributed by atoms with Gasteiger partial charge in [-0.3, -0.25) is 4.79 Å². The third-order valence-corrected chi connectivity index (χ3v) is 3.95. The molecule has 0 spiro atoms. The molecule has 3 rings (SSSR count). The standard InChI is InChI=1S/C19H15ClO5/c1-11-7-14(24-10-17(21)23-2)9-15-18(11)19(22)16(25-15)8-12-3-5-13(20)6-4-12/h3-9H,10H2,1-2H3/b16-8-. The molecule has 5 nitrogen and oxygen atoms in total. The van der Waals surface area contributed by atoms with Gasteiger partial charge in [0.2, 0.25) is 5.78 Å². The summed E-state index contributed by atoms with van der Waals surface area (Å²) in [5, 5.41) is 0.618. The number of esters is 1. The van der Waals surface area contributed by atoms with Crippen molar-refractivity contribution in [2.75, 3.05) is 13.7 Å². The van der Waals surface area contributed by atoms with Crippen LogP contribution in [-0.4, -0.2) is 25.5 Å². The maximum Gasteiger partial charge on any atom is 0.343 e. The first kappa shape index (κ1) is 17.0. The van der Waals surface area contributed by atoms with Crippen LogP contribution in [0.2, 0.25) is 5.02 Å². The van der Waals surface area contributed by atoms with Crippen LogP contribution in [0.3, 0.4) is 0 Å². The molecule has 25 heavy (non-hydrogen) atoms. The molecule has 0 saturated carbocycles. The number of ketones is 1. The van der Waals surface area contributed by atoms with Crippen LogP contribution in [0.5, 0.6) is 11.5 Å². The van der Waals surface area contributed by atoms with E-state index in [0.29, 0.717) is 27.6 Å². The van der Waals surface area contributed by atoms with Gasteiger partial charge in [0.15, 0.2) is 12.4 Å². The number of fused-ring (bicyclic) bond motifs is 1. The van der Waals surface area contributed by atoms with Gasteiger partial charge in [-0.05, 0) is 42.3 Å². The summed E-state index contributed by atoms with van der Waals surface area (Å²) < 4.78 is 15.6. The van der Waals surface area contributed by atoms with Crippen LogP contribution in [-0.2, 0) is 9.53 Å². The van der Waals surface area contributed by atoms with Gasteiger partial charge in [-0.15, -0.1) is 0 Å². The Balaban J connectivity index is 1.86. The molecule has 6 heteroatoms. The van der Waals surface area contributed by atoms with Gasteiger partial charge in [0, 0.05) is 11.1 Å². The summed E-state index contributed by atoms with van der Waals surface area (Å²) in [5.74, 6) is 0.387. The number of aryl methyl sites for hydroxylation is 1. The fourth-order valence-electron chi connectivity index (χ4n) is 2.47. The van der Waals surface area contributed by atoms with Crippen LogP contribution in [0.1, 0.15) is 21.5 Å². The number of carbonyl (C=O) groups is 2. The lowest BCUT2D eigenvalue weighted by Gasteiger charge is -2.08. The minimum Gasteiger partial charge on any atom is -0.482 e. The molecular weight excluding hydrogens is 344 g/mol. The number of carbonyl (C=O) groups excluding carboxylic acids is 2. The van der Waals surface area contributed by atoms with Gasteiger partial charge in [0.05, 0.1) is 12.7 Å². The Morgan fingerprint density at radius 2 is 1.96 bits per heavy atom. The monoisotopic (exact) mass is 358 g/mol. The van der Waals surface area contributed by atoms with Crippen LogP contribution in [0.4, 0.5) is 0 Å². The molecule has 0 saturated heterocycles. The summed E-state index contributed by atoms with van der Waals surface area (Å²) in [6.45, 7) is 1.58. The molecule has 1 heterocycles. The third kappa shape index (κ3) is 3.67. The predicted molar refractivity (Wildman–Crippen MR) is 93.1 cm³/mol. The van der Waals surface area contributed by atoms with Crippen molar-refractivity contribution >= 4 is 29.4 Å². The van der Waals surface area contributed by atoms with Crippen molar-refractivity contribution in [1.82, 2.24) is 0 Å². The molecule has 0 atom stereocenters. The molecule has 2 aromatic rings. The topological polar surface area (TPSA) is 61.8 Å². The number of hydrogen-bond donors (Lipinski definition) is 0. The van der Waals surface area contributed by atoms with E-state index in [0.717, 1.165) is 5.56 Å². The Hall–Kier alpha value is -2.79. The minimum absolute atomic E-state index is 0.193. The third-order valence-electron chi connectivity index (χ3n) is 3.70. The molecule has 0 bridgehead atoms. The van der Waals surface area contributed by atoms with Gasteiger partial charge >= 0.3 is 5.97 Å². The average Bonchev–Trinajstić information content (AvgIpc) is 2.91. The van der Waals surface area contributed by atoms with Crippen LogP contribution in [0.25, 0.3) is 6.08 Å². The van der Waals surface area contributed by atoms with E-state index >= 15 is 0 Å². The molecule has 0 amide bonds. The molecule has 0 aromatic heterocycles. The van der Waals surface area contributed by atoms with E-state index in [-0.39, 0.29) is 18.1 Å². The summed E-state index contributed by atoms with van der Waals surface area (Å²) >= 11 is 5.86. The summed E-state index contributed by atoms with van der Waals surface area (Å²) in [4.78, 5) is 23.8. The summed E-state index contributed by atoms with van der Waals surface area (Å²) in [5.41, 5.74) is 2.01. The van der Waals surface area contributed by atoms with Crippen molar-refractivity contribution in [1.29, 1.82) is 0 Å². The zero-order valence-corrected chi connectivity index (χ0v) is 14.4. The molecule has 0 radical (unpaired) electrons. The van der Waals surface area contributed by atoms with Crippen LogP contribution >= 0.6 is 11.6 Å². The number of halogens is 1. The van der Waals surface area contributed by atoms with Crippen molar-refractivity contribution < 1.29 is 23.8 Å². The van der Waals surface area contributed by atoms with E-state index in [1.54, 1.807) is 49.4 Å². The number of methoxy groups -OCH3 is 1. The van der Waals surface area contributed by atoms with Crippen molar-refractivity contribution in [3.05, 3.63) is 63.9 Å². The van der Waals surface area contributed by atoms with E-state index in [4.69, 9.17) is 21.1 Å². The van der Waals surface area contributed by atoms with Gasteiger partial charge in [-0.1, -0.05) is 23.7 Å². The Bertz CT molecular complexity index is 868. The van der Waals surface area contributed by atoms with Crippen molar-refractivity contribution in [3.8, 4) is 11.5 Å². The van der Waals surface area contributed by atoms with E-state index in [9.17, 15) is 9.59 Å². The number of rotatable bonds is 4. The number of Topliss-reactive ketones (excluding diaryl/α,β-unsaturated/α-hetero) is 1. The first-order valence-electron chi connectivity index (χ1n) is 7.52. The van der Waals surface area contributed by atoms with Crippen LogP contribution in [0.15, 0.2) is 42.2 Å². The summed E-state index contributed by atoms with van der Waals surface area (Å²) in [6, 6.07) is 10.4. The van der Waals surface area contributed by atoms with Gasteiger partial charge in [0.25, 0.3) is 0 Å². The molecule has 128 valence electrons.